The van der Waals surface area contributed by atoms with Crippen LogP contribution < -0.4 is 10.0 Å². The predicted octanol–water partition coefficient (Wildman–Crippen LogP) is 0.556. The third-order valence-electron chi connectivity index (χ3n) is 2.09. The number of non-ortho nitro benzene ring substituents is 1. The van der Waals surface area contributed by atoms with Gasteiger partial charge in [0.25, 0.3) is 5.69 Å². The number of hydrogen-bond acceptors (Lipinski definition) is 5. The zero-order chi connectivity index (χ0) is 12.9. The Labute approximate surface area is 99.0 Å². The molecular formula is C9H13N3O4S. The first kappa shape index (κ1) is 13.4. The summed E-state index contributed by atoms with van der Waals surface area (Å²) in [6.45, 7) is 0.237. The molecule has 0 spiro atoms. The Bertz CT molecular complexity index is 483. The van der Waals surface area contributed by atoms with Gasteiger partial charge in [-0.05, 0) is 19.2 Å². The fraction of sp³-hybridized carbons (Fsp3) is 0.333. The number of sulfonamides is 1. The van der Waals surface area contributed by atoms with Gasteiger partial charge < -0.3 is 5.32 Å². The molecule has 0 radical (unpaired) electrons. The minimum absolute atomic E-state index is 0.00148. The van der Waals surface area contributed by atoms with Crippen molar-refractivity contribution in [1.82, 2.24) is 4.72 Å². The molecule has 0 aliphatic heterocycles. The maximum absolute atomic E-state index is 11.1. The number of benzene rings is 1. The van der Waals surface area contributed by atoms with Gasteiger partial charge in [-0.15, -0.1) is 0 Å². The van der Waals surface area contributed by atoms with Gasteiger partial charge in [-0.25, -0.2) is 13.1 Å². The normalized spacial score (nSPS) is 11.1. The van der Waals surface area contributed by atoms with Crippen molar-refractivity contribution in [2.24, 2.45) is 0 Å². The number of rotatable bonds is 6. The van der Waals surface area contributed by atoms with Crippen molar-refractivity contribution in [2.75, 3.05) is 24.7 Å². The van der Waals surface area contributed by atoms with Crippen LogP contribution in [0, 0.1) is 10.1 Å². The van der Waals surface area contributed by atoms with E-state index >= 15 is 0 Å². The van der Waals surface area contributed by atoms with Crippen LogP contribution in [-0.2, 0) is 10.0 Å². The number of anilines is 1. The Morgan fingerprint density at radius 3 is 2.35 bits per heavy atom. The molecule has 94 valence electrons. The van der Waals surface area contributed by atoms with E-state index in [0.29, 0.717) is 5.69 Å². The van der Waals surface area contributed by atoms with Gasteiger partial charge in [0, 0.05) is 24.4 Å². The summed E-state index contributed by atoms with van der Waals surface area (Å²) in [6.07, 6.45) is 0. The van der Waals surface area contributed by atoms with Crippen molar-refractivity contribution in [3.8, 4) is 0 Å². The molecule has 0 aliphatic carbocycles. The van der Waals surface area contributed by atoms with Crippen LogP contribution in [0.1, 0.15) is 0 Å². The second-order valence-corrected chi connectivity index (χ2v) is 5.30. The zero-order valence-electron chi connectivity index (χ0n) is 9.21. The maximum atomic E-state index is 11.1. The van der Waals surface area contributed by atoms with Gasteiger partial charge in [0.1, 0.15) is 0 Å². The molecule has 1 aromatic carbocycles. The molecule has 17 heavy (non-hydrogen) atoms. The Balaban J connectivity index is 2.51. The molecule has 0 unspecified atom stereocenters. The Kier molecular flexibility index (Phi) is 4.41. The highest BCUT2D eigenvalue weighted by Crippen LogP contribution is 2.14. The number of nitrogens with zero attached hydrogens (tertiary/aromatic N) is 1. The van der Waals surface area contributed by atoms with Crippen LogP contribution in [0.2, 0.25) is 0 Å². The summed E-state index contributed by atoms with van der Waals surface area (Å²) in [5, 5.41) is 13.3. The van der Waals surface area contributed by atoms with Gasteiger partial charge in [-0.3, -0.25) is 10.1 Å². The van der Waals surface area contributed by atoms with E-state index < -0.39 is 14.9 Å². The second-order valence-electron chi connectivity index (χ2n) is 3.25. The molecule has 1 rings (SSSR count). The smallest absolute Gasteiger partial charge is 0.269 e. The zero-order valence-corrected chi connectivity index (χ0v) is 10.0. The molecule has 8 heteroatoms. The number of nitrogens with one attached hydrogen (secondary N) is 2. The molecule has 0 bridgehead atoms. The van der Waals surface area contributed by atoms with Gasteiger partial charge in [0.05, 0.1) is 10.7 Å². The molecule has 1 aromatic rings. The quantitative estimate of drug-likeness (QED) is 0.574. The average Bonchev–Trinajstić information content (AvgIpc) is 2.29. The SMILES string of the molecule is CNS(=O)(=O)CCNc1ccc([N+](=O)[O-])cc1. The molecule has 0 aromatic heterocycles. The van der Waals surface area contributed by atoms with E-state index in [-0.39, 0.29) is 18.0 Å². The summed E-state index contributed by atoms with van der Waals surface area (Å²) in [6, 6.07) is 5.78. The van der Waals surface area contributed by atoms with Crippen LogP contribution in [0.3, 0.4) is 0 Å². The molecular weight excluding hydrogens is 246 g/mol. The van der Waals surface area contributed by atoms with Crippen LogP contribution in [0.4, 0.5) is 11.4 Å². The third kappa shape index (κ3) is 4.37. The fourth-order valence-corrected chi connectivity index (χ4v) is 1.71. The first-order chi connectivity index (χ1) is 7.94. The number of nitro benzene ring substituents is 1. The van der Waals surface area contributed by atoms with Crippen molar-refractivity contribution in [2.45, 2.75) is 0 Å². The molecule has 2 N–H and O–H groups in total. The highest BCUT2D eigenvalue weighted by atomic mass is 32.2. The van der Waals surface area contributed by atoms with Gasteiger partial charge in [-0.1, -0.05) is 0 Å². The molecule has 7 nitrogen and oxygen atoms in total. The van der Waals surface area contributed by atoms with Gasteiger partial charge in [0.15, 0.2) is 0 Å². The van der Waals surface area contributed by atoms with Crippen molar-refractivity contribution in [3.63, 3.8) is 0 Å². The molecule has 0 saturated heterocycles. The largest absolute Gasteiger partial charge is 0.384 e. The monoisotopic (exact) mass is 259 g/mol. The predicted molar refractivity (Wildman–Crippen MR) is 64.4 cm³/mol. The minimum Gasteiger partial charge on any atom is -0.384 e. The summed E-state index contributed by atoms with van der Waals surface area (Å²) in [7, 11) is -1.88. The van der Waals surface area contributed by atoms with Crippen LogP contribution in [0.5, 0.6) is 0 Å². The molecule has 0 saturated carbocycles. The summed E-state index contributed by atoms with van der Waals surface area (Å²) in [5.74, 6) is -0.0551. The van der Waals surface area contributed by atoms with Crippen molar-refractivity contribution in [3.05, 3.63) is 34.4 Å². The number of nitro groups is 1. The van der Waals surface area contributed by atoms with E-state index in [1.165, 1.54) is 31.3 Å². The molecule has 0 heterocycles. The first-order valence-electron chi connectivity index (χ1n) is 4.84. The Morgan fingerprint density at radius 1 is 1.29 bits per heavy atom. The lowest BCUT2D eigenvalue weighted by Crippen LogP contribution is -2.26. The van der Waals surface area contributed by atoms with Crippen LogP contribution in [0.25, 0.3) is 0 Å². The lowest BCUT2D eigenvalue weighted by atomic mass is 10.3. The van der Waals surface area contributed by atoms with Gasteiger partial charge in [0.2, 0.25) is 10.0 Å². The summed E-state index contributed by atoms with van der Waals surface area (Å²) >= 11 is 0. The van der Waals surface area contributed by atoms with Gasteiger partial charge >= 0.3 is 0 Å². The lowest BCUT2D eigenvalue weighted by molar-refractivity contribution is -0.384. The third-order valence-corrected chi connectivity index (χ3v) is 3.45. The summed E-state index contributed by atoms with van der Waals surface area (Å²) < 4.78 is 24.4. The summed E-state index contributed by atoms with van der Waals surface area (Å²) in [5.41, 5.74) is 0.639. The molecule has 0 atom stereocenters. The highest BCUT2D eigenvalue weighted by Gasteiger charge is 2.06. The molecule has 0 aliphatic rings. The van der Waals surface area contributed by atoms with Gasteiger partial charge in [-0.2, -0.15) is 0 Å². The van der Waals surface area contributed by atoms with Crippen molar-refractivity contribution < 1.29 is 13.3 Å². The Morgan fingerprint density at radius 2 is 1.88 bits per heavy atom. The van der Waals surface area contributed by atoms with E-state index in [1.54, 1.807) is 0 Å². The maximum Gasteiger partial charge on any atom is 0.269 e. The lowest BCUT2D eigenvalue weighted by Gasteiger charge is -2.06. The van der Waals surface area contributed by atoms with E-state index in [2.05, 4.69) is 10.0 Å². The van der Waals surface area contributed by atoms with Crippen LogP contribution in [0.15, 0.2) is 24.3 Å². The molecule has 0 fully saturated rings. The van der Waals surface area contributed by atoms with Crippen LogP contribution in [-0.4, -0.2) is 32.7 Å². The number of hydrogen-bond donors (Lipinski definition) is 2. The van der Waals surface area contributed by atoms with E-state index in [9.17, 15) is 18.5 Å². The highest BCUT2D eigenvalue weighted by molar-refractivity contribution is 7.89. The van der Waals surface area contributed by atoms with Crippen molar-refractivity contribution in [1.29, 1.82) is 0 Å². The summed E-state index contributed by atoms with van der Waals surface area (Å²) in [4.78, 5) is 9.90. The van der Waals surface area contributed by atoms with Crippen LogP contribution >= 0.6 is 0 Å². The topological polar surface area (TPSA) is 101 Å². The molecule has 0 amide bonds. The first-order valence-corrected chi connectivity index (χ1v) is 6.49. The minimum atomic E-state index is -3.23. The standard InChI is InChI=1S/C9H13N3O4S/c1-10-17(15,16)7-6-11-8-2-4-9(5-3-8)12(13)14/h2-5,10-11H,6-7H2,1H3. The second kappa shape index (κ2) is 5.60. The van der Waals surface area contributed by atoms with E-state index in [4.69, 9.17) is 0 Å². The van der Waals surface area contributed by atoms with E-state index in [0.717, 1.165) is 0 Å². The fourth-order valence-electron chi connectivity index (χ4n) is 1.13. The average molecular weight is 259 g/mol. The Hall–Kier alpha value is -1.67. The van der Waals surface area contributed by atoms with E-state index in [1.807, 2.05) is 0 Å². The van der Waals surface area contributed by atoms with Crippen molar-refractivity contribution >= 4 is 21.4 Å².